The molecule has 0 saturated carbocycles. The highest BCUT2D eigenvalue weighted by atomic mass is 28.4. The number of hydrogen-bond donors (Lipinski definition) is 1. The second-order valence-electron chi connectivity index (χ2n) is 5.36. The van der Waals surface area contributed by atoms with Crippen LogP contribution in [0.15, 0.2) is 0 Å². The van der Waals surface area contributed by atoms with Gasteiger partial charge in [-0.2, -0.15) is 0 Å². The number of aliphatic hydroxyl groups is 1. The van der Waals surface area contributed by atoms with Crippen molar-refractivity contribution in [3.05, 3.63) is 11.4 Å². The van der Waals surface area contributed by atoms with Crippen LogP contribution in [0.1, 0.15) is 33.6 Å². The summed E-state index contributed by atoms with van der Waals surface area (Å²) in [5.74, 6) is 0. The Morgan fingerprint density at radius 2 is 1.93 bits per heavy atom. The molecule has 0 radical (unpaired) electrons. The number of rotatable bonds is 5. The van der Waals surface area contributed by atoms with Crippen molar-refractivity contribution in [2.45, 2.75) is 58.0 Å². The predicted molar refractivity (Wildman–Crippen MR) is 65.0 cm³/mol. The Morgan fingerprint density at radius 1 is 1.40 bits per heavy atom. The van der Waals surface area contributed by atoms with Crippen LogP contribution in [0.2, 0.25) is 18.1 Å². The minimum Gasteiger partial charge on any atom is -0.417 e. The molecule has 0 amide bonds. The molecule has 3 nitrogen and oxygen atoms in total. The van der Waals surface area contributed by atoms with Crippen LogP contribution in [0, 0.1) is 6.57 Å². The fourth-order valence-corrected chi connectivity index (χ4v) is 1.96. The van der Waals surface area contributed by atoms with Crippen molar-refractivity contribution in [2.75, 3.05) is 6.61 Å². The molecular formula is C11H23NO2Si. The van der Waals surface area contributed by atoms with Crippen molar-refractivity contribution in [3.63, 3.8) is 0 Å². The maximum absolute atomic E-state index is 9.05. The van der Waals surface area contributed by atoms with Crippen LogP contribution in [0.5, 0.6) is 0 Å². The lowest BCUT2D eigenvalue weighted by molar-refractivity contribution is 0.189. The summed E-state index contributed by atoms with van der Waals surface area (Å²) in [6, 6.07) is 0. The van der Waals surface area contributed by atoms with Crippen molar-refractivity contribution in [1.82, 2.24) is 0 Å². The Labute approximate surface area is 94.4 Å². The van der Waals surface area contributed by atoms with E-state index in [-0.39, 0.29) is 5.04 Å². The summed E-state index contributed by atoms with van der Waals surface area (Å²) >= 11 is 0. The third-order valence-corrected chi connectivity index (χ3v) is 7.56. The van der Waals surface area contributed by atoms with E-state index in [0.29, 0.717) is 13.0 Å². The normalized spacial score (nSPS) is 14.7. The first-order valence-corrected chi connectivity index (χ1v) is 8.30. The SMILES string of the molecule is [C-]#[N+]C(O)CCCO[Si](C)(C)C(C)(C)C. The van der Waals surface area contributed by atoms with E-state index in [4.69, 9.17) is 16.1 Å². The third kappa shape index (κ3) is 5.31. The van der Waals surface area contributed by atoms with Crippen molar-refractivity contribution in [1.29, 1.82) is 0 Å². The molecule has 0 aliphatic heterocycles. The zero-order valence-electron chi connectivity index (χ0n) is 10.5. The van der Waals surface area contributed by atoms with Crippen LogP contribution in [-0.4, -0.2) is 26.3 Å². The molecule has 0 aromatic heterocycles. The lowest BCUT2D eigenvalue weighted by Crippen LogP contribution is -2.41. The first-order valence-electron chi connectivity index (χ1n) is 5.39. The fourth-order valence-electron chi connectivity index (χ4n) is 0.874. The molecule has 1 N–H and O–H groups in total. The van der Waals surface area contributed by atoms with Crippen LogP contribution in [-0.2, 0) is 4.43 Å². The van der Waals surface area contributed by atoms with Gasteiger partial charge in [0.25, 0.3) is 0 Å². The molecule has 4 heteroatoms. The van der Waals surface area contributed by atoms with E-state index >= 15 is 0 Å². The molecule has 1 atom stereocenters. The molecular weight excluding hydrogens is 206 g/mol. The van der Waals surface area contributed by atoms with Crippen LogP contribution in [0.4, 0.5) is 0 Å². The van der Waals surface area contributed by atoms with Crippen LogP contribution in [0.3, 0.4) is 0 Å². The van der Waals surface area contributed by atoms with Crippen LogP contribution >= 0.6 is 0 Å². The zero-order chi connectivity index (χ0) is 12.1. The lowest BCUT2D eigenvalue weighted by atomic mass is 10.2. The largest absolute Gasteiger partial charge is 0.417 e. The van der Waals surface area contributed by atoms with Crippen molar-refractivity contribution >= 4 is 8.32 Å². The minimum atomic E-state index is -1.65. The van der Waals surface area contributed by atoms with E-state index in [1.807, 2.05) is 0 Å². The summed E-state index contributed by atoms with van der Waals surface area (Å²) in [6.45, 7) is 18.3. The van der Waals surface area contributed by atoms with Gasteiger partial charge in [0.05, 0.1) is 6.42 Å². The first kappa shape index (κ1) is 14.6. The Morgan fingerprint density at radius 3 is 2.33 bits per heavy atom. The van der Waals surface area contributed by atoms with E-state index in [9.17, 15) is 0 Å². The van der Waals surface area contributed by atoms with Crippen LogP contribution in [0.25, 0.3) is 4.85 Å². The Hall–Kier alpha value is -0.373. The third-order valence-electron chi connectivity index (χ3n) is 3.02. The number of nitrogens with zero attached hydrogens (tertiary/aromatic N) is 1. The van der Waals surface area contributed by atoms with Gasteiger partial charge in [0.2, 0.25) is 0 Å². The molecule has 0 aromatic rings. The highest BCUT2D eigenvalue weighted by Crippen LogP contribution is 2.36. The van der Waals surface area contributed by atoms with Gasteiger partial charge in [-0.15, -0.1) is 0 Å². The standard InChI is InChI=1S/C11H23NO2Si/c1-11(2,3)15(5,6)14-9-7-8-10(13)12-4/h10,13H,7-9H2,1-3,5-6H3. The quantitative estimate of drug-likeness (QED) is 0.447. The smallest absolute Gasteiger partial charge is 0.325 e. The maximum atomic E-state index is 9.05. The van der Waals surface area contributed by atoms with Gasteiger partial charge in [0, 0.05) is 6.61 Å². The zero-order valence-corrected chi connectivity index (χ0v) is 11.5. The molecule has 0 aliphatic rings. The second kappa shape index (κ2) is 5.64. The van der Waals surface area contributed by atoms with Gasteiger partial charge in [0.15, 0.2) is 8.32 Å². The molecule has 0 heterocycles. The molecule has 0 saturated heterocycles. The second-order valence-corrected chi connectivity index (χ2v) is 10.2. The van der Waals surface area contributed by atoms with E-state index in [1.54, 1.807) is 0 Å². The van der Waals surface area contributed by atoms with Gasteiger partial charge in [-0.1, -0.05) is 20.8 Å². The van der Waals surface area contributed by atoms with E-state index in [2.05, 4.69) is 38.7 Å². The van der Waals surface area contributed by atoms with Crippen molar-refractivity contribution in [2.24, 2.45) is 0 Å². The minimum absolute atomic E-state index is 0.228. The Bertz CT molecular complexity index is 228. The van der Waals surface area contributed by atoms with Gasteiger partial charge in [0.1, 0.15) is 0 Å². The van der Waals surface area contributed by atoms with Crippen molar-refractivity contribution in [3.8, 4) is 0 Å². The molecule has 0 aliphatic carbocycles. The van der Waals surface area contributed by atoms with Gasteiger partial charge in [-0.25, -0.2) is 6.57 Å². The van der Waals surface area contributed by atoms with Crippen LogP contribution < -0.4 is 0 Å². The average Bonchev–Trinajstić information content (AvgIpc) is 2.10. The highest BCUT2D eigenvalue weighted by Gasteiger charge is 2.36. The summed E-state index contributed by atoms with van der Waals surface area (Å²) in [6.07, 6.45) is 0.418. The summed E-state index contributed by atoms with van der Waals surface area (Å²) in [4.78, 5) is 3.03. The number of aliphatic hydroxyl groups excluding tert-OH is 1. The maximum Gasteiger partial charge on any atom is 0.325 e. The summed E-state index contributed by atoms with van der Waals surface area (Å²) < 4.78 is 5.91. The summed E-state index contributed by atoms with van der Waals surface area (Å²) in [5, 5.41) is 9.28. The molecule has 0 aromatic carbocycles. The van der Waals surface area contributed by atoms with Gasteiger partial charge < -0.3 is 9.53 Å². The van der Waals surface area contributed by atoms with Gasteiger partial charge >= 0.3 is 6.23 Å². The molecule has 0 spiro atoms. The molecule has 15 heavy (non-hydrogen) atoms. The number of hydrogen-bond acceptors (Lipinski definition) is 2. The summed E-state index contributed by atoms with van der Waals surface area (Å²) in [7, 11) is -1.65. The first-order chi connectivity index (χ1) is 6.70. The molecule has 1 unspecified atom stereocenters. The van der Waals surface area contributed by atoms with E-state index in [0.717, 1.165) is 6.42 Å². The topological polar surface area (TPSA) is 33.8 Å². The molecule has 0 fully saturated rings. The lowest BCUT2D eigenvalue weighted by Gasteiger charge is -2.36. The molecule has 0 rings (SSSR count). The van der Waals surface area contributed by atoms with Gasteiger partial charge in [-0.3, -0.25) is 4.85 Å². The Balaban J connectivity index is 3.83. The van der Waals surface area contributed by atoms with E-state index < -0.39 is 14.5 Å². The Kier molecular flexibility index (Phi) is 5.50. The highest BCUT2D eigenvalue weighted by molar-refractivity contribution is 6.74. The monoisotopic (exact) mass is 229 g/mol. The molecule has 0 bridgehead atoms. The fraction of sp³-hybridized carbons (Fsp3) is 0.909. The summed E-state index contributed by atoms with van der Waals surface area (Å²) in [5.41, 5.74) is 0. The average molecular weight is 229 g/mol. The molecule has 88 valence electrons. The van der Waals surface area contributed by atoms with E-state index in [1.165, 1.54) is 0 Å². The van der Waals surface area contributed by atoms with Crippen molar-refractivity contribution < 1.29 is 9.53 Å². The van der Waals surface area contributed by atoms with Gasteiger partial charge in [-0.05, 0) is 24.6 Å². The predicted octanol–water partition coefficient (Wildman–Crippen LogP) is 3.03.